The van der Waals surface area contributed by atoms with E-state index in [0.29, 0.717) is 17.7 Å². The Hall–Kier alpha value is -2.45. The predicted octanol–water partition coefficient (Wildman–Crippen LogP) is 3.29. The van der Waals surface area contributed by atoms with Crippen LogP contribution in [-0.2, 0) is 14.3 Å². The van der Waals surface area contributed by atoms with Crippen molar-refractivity contribution in [3.8, 4) is 0 Å². The van der Waals surface area contributed by atoms with Gasteiger partial charge in [-0.15, -0.1) is 0 Å². The molecular weight excluding hydrogens is 480 g/mol. The van der Waals surface area contributed by atoms with E-state index in [1.165, 1.54) is 0 Å². The number of hydrogen-bond acceptors (Lipinski definition) is 6. The van der Waals surface area contributed by atoms with Gasteiger partial charge in [0, 0.05) is 49.9 Å². The molecule has 4 atom stereocenters. The number of fused-ring (bicyclic) bond motifs is 1. The van der Waals surface area contributed by atoms with Crippen LogP contribution >= 0.6 is 0 Å². The van der Waals surface area contributed by atoms with Crippen molar-refractivity contribution in [2.24, 2.45) is 23.0 Å². The Morgan fingerprint density at radius 2 is 1.82 bits per heavy atom. The summed E-state index contributed by atoms with van der Waals surface area (Å²) in [7, 11) is 0. The van der Waals surface area contributed by atoms with E-state index in [0.717, 1.165) is 51.3 Å². The Labute approximate surface area is 227 Å². The molecule has 0 aromatic heterocycles. The number of anilines is 1. The number of benzene rings is 1. The van der Waals surface area contributed by atoms with Gasteiger partial charge in [0.15, 0.2) is 5.78 Å². The SMILES string of the molecule is CCCN1CCN(c2ccc(C(N)=O)c([C@@H](C(=O)N3C[C@@H](C(C)C)[C@H]4OCC(=O)[C@H]43)C(C)(C)CC)c2)CC1. The van der Waals surface area contributed by atoms with Crippen LogP contribution in [0.2, 0.25) is 0 Å². The summed E-state index contributed by atoms with van der Waals surface area (Å²) < 4.78 is 5.90. The lowest BCUT2D eigenvalue weighted by molar-refractivity contribution is -0.140. The first-order valence-corrected chi connectivity index (χ1v) is 14.4. The Balaban J connectivity index is 1.74. The molecule has 3 aliphatic heterocycles. The van der Waals surface area contributed by atoms with Gasteiger partial charge in [0.25, 0.3) is 0 Å². The third-order valence-corrected chi connectivity index (χ3v) is 9.19. The van der Waals surface area contributed by atoms with Gasteiger partial charge in [0.2, 0.25) is 11.8 Å². The number of hydrogen-bond donors (Lipinski definition) is 1. The van der Waals surface area contributed by atoms with Gasteiger partial charge in [0.05, 0.1) is 12.0 Å². The molecule has 0 unspecified atom stereocenters. The second kappa shape index (κ2) is 11.3. The number of carbonyl (C=O) groups excluding carboxylic acids is 3. The zero-order chi connectivity index (χ0) is 27.8. The topological polar surface area (TPSA) is 96.2 Å². The summed E-state index contributed by atoms with van der Waals surface area (Å²) in [6.45, 7) is 18.0. The normalized spacial score (nSPS) is 25.2. The van der Waals surface area contributed by atoms with Gasteiger partial charge in [-0.1, -0.05) is 41.5 Å². The second-order valence-electron chi connectivity index (χ2n) is 12.3. The molecule has 4 rings (SSSR count). The lowest BCUT2D eigenvalue weighted by Crippen LogP contribution is -2.48. The second-order valence-corrected chi connectivity index (χ2v) is 12.3. The molecule has 0 radical (unpaired) electrons. The van der Waals surface area contributed by atoms with Gasteiger partial charge in [-0.3, -0.25) is 19.3 Å². The molecule has 3 aliphatic rings. The molecule has 3 heterocycles. The zero-order valence-corrected chi connectivity index (χ0v) is 24.0. The summed E-state index contributed by atoms with van der Waals surface area (Å²) in [6, 6.07) is 5.19. The molecular formula is C30H46N4O4. The van der Waals surface area contributed by atoms with E-state index < -0.39 is 23.3 Å². The molecule has 2 amide bonds. The summed E-state index contributed by atoms with van der Waals surface area (Å²) >= 11 is 0. The van der Waals surface area contributed by atoms with Crippen molar-refractivity contribution >= 4 is 23.3 Å². The molecule has 3 fully saturated rings. The first-order chi connectivity index (χ1) is 18.0. The average molecular weight is 527 g/mol. The van der Waals surface area contributed by atoms with Crippen LogP contribution in [0, 0.1) is 17.3 Å². The van der Waals surface area contributed by atoms with Crippen LogP contribution in [-0.4, -0.2) is 85.4 Å². The number of primary amides is 1. The first-order valence-electron chi connectivity index (χ1n) is 14.4. The molecule has 1 aromatic carbocycles. The minimum atomic E-state index is -0.615. The smallest absolute Gasteiger partial charge is 0.249 e. The van der Waals surface area contributed by atoms with Gasteiger partial charge in [-0.05, 0) is 54.5 Å². The third-order valence-electron chi connectivity index (χ3n) is 9.19. The van der Waals surface area contributed by atoms with Crippen LogP contribution in [0.15, 0.2) is 18.2 Å². The van der Waals surface area contributed by atoms with Crippen molar-refractivity contribution in [3.63, 3.8) is 0 Å². The van der Waals surface area contributed by atoms with Gasteiger partial charge >= 0.3 is 0 Å². The number of nitrogens with two attached hydrogens (primary N) is 1. The highest BCUT2D eigenvalue weighted by atomic mass is 16.5. The maximum Gasteiger partial charge on any atom is 0.249 e. The molecule has 0 spiro atoms. The third kappa shape index (κ3) is 5.34. The molecule has 2 N–H and O–H groups in total. The van der Waals surface area contributed by atoms with Crippen molar-refractivity contribution in [3.05, 3.63) is 29.3 Å². The highest BCUT2D eigenvalue weighted by Crippen LogP contribution is 2.45. The molecule has 210 valence electrons. The Kier molecular flexibility index (Phi) is 8.52. The van der Waals surface area contributed by atoms with Crippen molar-refractivity contribution in [1.82, 2.24) is 9.80 Å². The van der Waals surface area contributed by atoms with Crippen molar-refractivity contribution < 1.29 is 19.1 Å². The molecule has 0 bridgehead atoms. The summed E-state index contributed by atoms with van der Waals surface area (Å²) in [4.78, 5) is 46.7. The fourth-order valence-electron chi connectivity index (χ4n) is 6.52. The molecule has 3 saturated heterocycles. The van der Waals surface area contributed by atoms with Crippen LogP contribution in [0.1, 0.15) is 76.2 Å². The predicted molar refractivity (Wildman–Crippen MR) is 149 cm³/mol. The highest BCUT2D eigenvalue weighted by molar-refractivity contribution is 5.99. The Bertz CT molecular complexity index is 1050. The summed E-state index contributed by atoms with van der Waals surface area (Å²) in [6.07, 6.45) is 1.59. The van der Waals surface area contributed by atoms with Gasteiger partial charge in [-0.25, -0.2) is 0 Å². The van der Waals surface area contributed by atoms with Crippen molar-refractivity contribution in [2.75, 3.05) is 50.8 Å². The number of carbonyl (C=O) groups is 3. The van der Waals surface area contributed by atoms with Crippen molar-refractivity contribution in [1.29, 1.82) is 0 Å². The number of ether oxygens (including phenoxy) is 1. The van der Waals surface area contributed by atoms with E-state index in [4.69, 9.17) is 10.5 Å². The highest BCUT2D eigenvalue weighted by Gasteiger charge is 2.55. The fourth-order valence-corrected chi connectivity index (χ4v) is 6.52. The van der Waals surface area contributed by atoms with Crippen LogP contribution in [0.4, 0.5) is 5.69 Å². The monoisotopic (exact) mass is 526 g/mol. The first kappa shape index (κ1) is 28.6. The number of ketones is 1. The molecule has 38 heavy (non-hydrogen) atoms. The zero-order valence-electron chi connectivity index (χ0n) is 24.0. The number of rotatable bonds is 9. The quantitative estimate of drug-likeness (QED) is 0.531. The minimum absolute atomic E-state index is 0.0339. The summed E-state index contributed by atoms with van der Waals surface area (Å²) in [5.41, 5.74) is 7.47. The lowest BCUT2D eigenvalue weighted by Gasteiger charge is -2.39. The van der Waals surface area contributed by atoms with Crippen LogP contribution in [0.5, 0.6) is 0 Å². The lowest BCUT2D eigenvalue weighted by atomic mass is 9.71. The standard InChI is InChI=1S/C30H46N4O4/c1-7-11-32-12-14-33(15-13-32)20-9-10-21(28(31)36)22(16-20)25(30(5,6)8-2)29(37)34-17-23(19(3)4)27-26(34)24(35)18-38-27/h9-10,16,19,23,25-27H,7-8,11-15,17-18H2,1-6H3,(H2,31,36)/t23-,25-,26+,27+/m0/s1. The number of likely N-dealkylation sites (tertiary alicyclic amines) is 1. The summed E-state index contributed by atoms with van der Waals surface area (Å²) in [5, 5.41) is 0. The fraction of sp³-hybridized carbons (Fsp3) is 0.700. The minimum Gasteiger partial charge on any atom is -0.369 e. The van der Waals surface area contributed by atoms with E-state index >= 15 is 0 Å². The van der Waals surface area contributed by atoms with Gasteiger partial charge in [-0.2, -0.15) is 0 Å². The van der Waals surface area contributed by atoms with E-state index in [9.17, 15) is 14.4 Å². The molecule has 8 heteroatoms. The molecule has 8 nitrogen and oxygen atoms in total. The van der Waals surface area contributed by atoms with Gasteiger partial charge < -0.3 is 20.3 Å². The van der Waals surface area contributed by atoms with E-state index in [-0.39, 0.29) is 36.2 Å². The molecule has 1 aromatic rings. The number of nitrogens with zero attached hydrogens (tertiary/aromatic N) is 3. The Morgan fingerprint density at radius 1 is 1.13 bits per heavy atom. The van der Waals surface area contributed by atoms with Crippen LogP contribution in [0.3, 0.4) is 0 Å². The van der Waals surface area contributed by atoms with Crippen molar-refractivity contribution in [2.45, 2.75) is 72.4 Å². The number of Topliss-reactive ketones (excluding diaryl/α,β-unsaturated/α-hetero) is 1. The average Bonchev–Trinajstić information content (AvgIpc) is 3.45. The van der Waals surface area contributed by atoms with Gasteiger partial charge in [0.1, 0.15) is 12.6 Å². The maximum absolute atomic E-state index is 14.5. The number of amides is 2. The summed E-state index contributed by atoms with van der Waals surface area (Å²) in [5.74, 6) is -0.920. The molecule has 0 aliphatic carbocycles. The van der Waals surface area contributed by atoms with E-state index in [2.05, 4.69) is 51.3 Å². The Morgan fingerprint density at radius 3 is 2.39 bits per heavy atom. The largest absolute Gasteiger partial charge is 0.369 e. The van der Waals surface area contributed by atoms with E-state index in [1.54, 1.807) is 11.0 Å². The maximum atomic E-state index is 14.5. The van der Waals surface area contributed by atoms with Crippen LogP contribution in [0.25, 0.3) is 0 Å². The number of piperazine rings is 1. The molecule has 0 saturated carbocycles. The van der Waals surface area contributed by atoms with E-state index in [1.807, 2.05) is 12.1 Å². The van der Waals surface area contributed by atoms with Crippen LogP contribution < -0.4 is 10.6 Å².